The molecule has 0 bridgehead atoms. The van der Waals surface area contributed by atoms with Gasteiger partial charge >= 0.3 is 6.18 Å². The summed E-state index contributed by atoms with van der Waals surface area (Å²) in [5, 5.41) is 0. The molecule has 0 aromatic rings. The second-order valence-electron chi connectivity index (χ2n) is 3.48. The molecule has 0 radical (unpaired) electrons. The summed E-state index contributed by atoms with van der Waals surface area (Å²) in [4.78, 5) is 0. The topological polar surface area (TPSA) is 47.3 Å². The molecular formula is C8H15F3N2O. The molecule has 0 spiro atoms. The molecule has 2 unspecified atom stereocenters. The van der Waals surface area contributed by atoms with Gasteiger partial charge in [-0.3, -0.25) is 11.3 Å². The van der Waals surface area contributed by atoms with Crippen LogP contribution in [-0.4, -0.2) is 24.9 Å². The van der Waals surface area contributed by atoms with E-state index in [1.54, 1.807) is 0 Å². The van der Waals surface area contributed by atoms with Crippen LogP contribution in [0.1, 0.15) is 25.7 Å². The highest BCUT2D eigenvalue weighted by Crippen LogP contribution is 2.25. The Bertz CT molecular complexity index is 168. The van der Waals surface area contributed by atoms with Crippen molar-refractivity contribution in [1.82, 2.24) is 5.43 Å². The molecular weight excluding hydrogens is 197 g/mol. The van der Waals surface area contributed by atoms with E-state index in [1.807, 2.05) is 0 Å². The summed E-state index contributed by atoms with van der Waals surface area (Å²) < 4.78 is 41.1. The van der Waals surface area contributed by atoms with Gasteiger partial charge in [-0.1, -0.05) is 0 Å². The van der Waals surface area contributed by atoms with E-state index in [1.165, 1.54) is 0 Å². The number of halogens is 3. The van der Waals surface area contributed by atoms with Gasteiger partial charge in [0, 0.05) is 19.1 Å². The third kappa shape index (κ3) is 3.81. The van der Waals surface area contributed by atoms with Gasteiger partial charge in [0.25, 0.3) is 0 Å². The second kappa shape index (κ2) is 4.95. The molecule has 14 heavy (non-hydrogen) atoms. The van der Waals surface area contributed by atoms with E-state index in [0.29, 0.717) is 6.61 Å². The van der Waals surface area contributed by atoms with Crippen molar-refractivity contribution in [3.05, 3.63) is 0 Å². The maximum atomic E-state index is 11.9. The Morgan fingerprint density at radius 1 is 1.50 bits per heavy atom. The fourth-order valence-corrected chi connectivity index (χ4v) is 1.62. The van der Waals surface area contributed by atoms with Gasteiger partial charge in [-0.15, -0.1) is 0 Å². The van der Waals surface area contributed by atoms with E-state index in [2.05, 4.69) is 5.43 Å². The van der Waals surface area contributed by atoms with Crippen LogP contribution >= 0.6 is 0 Å². The fourth-order valence-electron chi connectivity index (χ4n) is 1.62. The maximum absolute atomic E-state index is 11.9. The molecule has 1 fully saturated rings. The monoisotopic (exact) mass is 212 g/mol. The average Bonchev–Trinajstić information content (AvgIpc) is 2.56. The molecule has 0 saturated carbocycles. The summed E-state index contributed by atoms with van der Waals surface area (Å²) in [7, 11) is 0. The predicted octanol–water partition coefficient (Wildman–Crippen LogP) is 1.34. The Balaban J connectivity index is 2.31. The van der Waals surface area contributed by atoms with E-state index in [0.717, 1.165) is 12.8 Å². The summed E-state index contributed by atoms with van der Waals surface area (Å²) in [6, 6.07) is -0.390. The highest BCUT2D eigenvalue weighted by atomic mass is 19.4. The van der Waals surface area contributed by atoms with Crippen LogP contribution in [0.15, 0.2) is 0 Å². The number of rotatable bonds is 4. The first-order valence-electron chi connectivity index (χ1n) is 4.67. The quantitative estimate of drug-likeness (QED) is 0.546. The number of nitrogens with two attached hydrogens (primary N) is 1. The SMILES string of the molecule is NNC(CCC(F)(F)F)C1CCCO1. The summed E-state index contributed by atoms with van der Waals surface area (Å²) in [6.45, 7) is 0.620. The van der Waals surface area contributed by atoms with Crippen molar-refractivity contribution in [2.24, 2.45) is 5.84 Å². The average molecular weight is 212 g/mol. The van der Waals surface area contributed by atoms with Crippen LogP contribution in [0, 0.1) is 0 Å². The molecule has 1 aliphatic heterocycles. The highest BCUT2D eigenvalue weighted by molar-refractivity contribution is 4.79. The van der Waals surface area contributed by atoms with Gasteiger partial charge in [-0.05, 0) is 19.3 Å². The lowest BCUT2D eigenvalue weighted by atomic mass is 10.0. The fraction of sp³-hybridized carbons (Fsp3) is 1.00. The number of hydrogen-bond donors (Lipinski definition) is 2. The van der Waals surface area contributed by atoms with E-state index in [4.69, 9.17) is 10.6 Å². The summed E-state index contributed by atoms with van der Waals surface area (Å²) in [5.74, 6) is 5.18. The number of hydrazine groups is 1. The van der Waals surface area contributed by atoms with Crippen molar-refractivity contribution in [3.63, 3.8) is 0 Å². The minimum Gasteiger partial charge on any atom is -0.377 e. The van der Waals surface area contributed by atoms with Gasteiger partial charge in [0.1, 0.15) is 0 Å². The molecule has 3 nitrogen and oxygen atoms in total. The molecule has 0 aromatic carbocycles. The Kier molecular flexibility index (Phi) is 4.15. The van der Waals surface area contributed by atoms with Crippen LogP contribution in [0.5, 0.6) is 0 Å². The molecule has 84 valence electrons. The summed E-state index contributed by atoms with van der Waals surface area (Å²) in [5.41, 5.74) is 2.39. The van der Waals surface area contributed by atoms with Gasteiger partial charge in [0.15, 0.2) is 0 Å². The molecule has 0 aliphatic carbocycles. The van der Waals surface area contributed by atoms with Crippen LogP contribution in [0.4, 0.5) is 13.2 Å². The van der Waals surface area contributed by atoms with E-state index in [-0.39, 0.29) is 18.6 Å². The first kappa shape index (κ1) is 11.7. The first-order chi connectivity index (χ1) is 6.53. The minimum absolute atomic E-state index is 0.0231. The first-order valence-corrected chi connectivity index (χ1v) is 4.67. The van der Waals surface area contributed by atoms with Crippen LogP contribution in [0.2, 0.25) is 0 Å². The lowest BCUT2D eigenvalue weighted by Crippen LogP contribution is -2.44. The van der Waals surface area contributed by atoms with Crippen molar-refractivity contribution < 1.29 is 17.9 Å². The zero-order valence-electron chi connectivity index (χ0n) is 7.81. The Morgan fingerprint density at radius 3 is 2.64 bits per heavy atom. The Hall–Kier alpha value is -0.330. The van der Waals surface area contributed by atoms with Crippen LogP contribution in [0.3, 0.4) is 0 Å². The molecule has 2 atom stereocenters. The molecule has 1 heterocycles. The Morgan fingerprint density at radius 2 is 2.21 bits per heavy atom. The zero-order valence-corrected chi connectivity index (χ0v) is 7.81. The predicted molar refractivity (Wildman–Crippen MR) is 45.4 cm³/mol. The summed E-state index contributed by atoms with van der Waals surface area (Å²) in [6.07, 6.45) is -3.44. The largest absolute Gasteiger partial charge is 0.389 e. The molecule has 6 heteroatoms. The zero-order chi connectivity index (χ0) is 10.6. The van der Waals surface area contributed by atoms with Crippen LogP contribution in [-0.2, 0) is 4.74 Å². The highest BCUT2D eigenvalue weighted by Gasteiger charge is 2.32. The Labute approximate surface area is 80.8 Å². The standard InChI is InChI=1S/C8H15F3N2O/c9-8(10,11)4-3-6(13-12)7-2-1-5-14-7/h6-7,13H,1-5,12H2. The number of hydrogen-bond acceptors (Lipinski definition) is 3. The van der Waals surface area contributed by atoms with Gasteiger partial charge < -0.3 is 4.74 Å². The smallest absolute Gasteiger partial charge is 0.377 e. The second-order valence-corrected chi connectivity index (χ2v) is 3.48. The lowest BCUT2D eigenvalue weighted by molar-refractivity contribution is -0.138. The maximum Gasteiger partial charge on any atom is 0.389 e. The third-order valence-electron chi connectivity index (χ3n) is 2.37. The van der Waals surface area contributed by atoms with Crippen molar-refractivity contribution in [3.8, 4) is 0 Å². The van der Waals surface area contributed by atoms with Gasteiger partial charge in [0.2, 0.25) is 0 Å². The third-order valence-corrected chi connectivity index (χ3v) is 2.37. The van der Waals surface area contributed by atoms with Crippen molar-refractivity contribution in [2.75, 3.05) is 6.61 Å². The normalized spacial score (nSPS) is 25.3. The molecule has 0 amide bonds. The van der Waals surface area contributed by atoms with Crippen molar-refractivity contribution in [2.45, 2.75) is 44.0 Å². The van der Waals surface area contributed by atoms with Gasteiger partial charge in [-0.25, -0.2) is 0 Å². The number of nitrogens with one attached hydrogen (secondary N) is 1. The van der Waals surface area contributed by atoms with Gasteiger partial charge in [0.05, 0.1) is 6.10 Å². The number of alkyl halides is 3. The van der Waals surface area contributed by atoms with Crippen LogP contribution < -0.4 is 11.3 Å². The van der Waals surface area contributed by atoms with E-state index < -0.39 is 12.6 Å². The summed E-state index contributed by atoms with van der Waals surface area (Å²) >= 11 is 0. The minimum atomic E-state index is -4.12. The molecule has 3 N–H and O–H groups in total. The van der Waals surface area contributed by atoms with E-state index in [9.17, 15) is 13.2 Å². The molecule has 1 rings (SSSR count). The van der Waals surface area contributed by atoms with Crippen molar-refractivity contribution in [1.29, 1.82) is 0 Å². The van der Waals surface area contributed by atoms with Crippen molar-refractivity contribution >= 4 is 0 Å². The molecule has 1 saturated heterocycles. The van der Waals surface area contributed by atoms with E-state index >= 15 is 0 Å². The van der Waals surface area contributed by atoms with Gasteiger partial charge in [-0.2, -0.15) is 13.2 Å². The lowest BCUT2D eigenvalue weighted by Gasteiger charge is -2.22. The molecule has 0 aromatic heterocycles. The van der Waals surface area contributed by atoms with Crippen LogP contribution in [0.25, 0.3) is 0 Å². The number of ether oxygens (including phenoxy) is 1. The molecule has 1 aliphatic rings.